The van der Waals surface area contributed by atoms with Gasteiger partial charge in [-0.1, -0.05) is 44.2 Å². The summed E-state index contributed by atoms with van der Waals surface area (Å²) >= 11 is 1.50. The Balaban J connectivity index is 1.63. The van der Waals surface area contributed by atoms with E-state index in [9.17, 15) is 9.59 Å². The van der Waals surface area contributed by atoms with Crippen molar-refractivity contribution in [1.29, 1.82) is 0 Å². The van der Waals surface area contributed by atoms with Gasteiger partial charge in [-0.25, -0.2) is 9.78 Å². The summed E-state index contributed by atoms with van der Waals surface area (Å²) in [6, 6.07) is 9.04. The molecule has 0 unspecified atom stereocenters. The molecule has 1 aromatic heterocycles. The Morgan fingerprint density at radius 2 is 2.04 bits per heavy atom. The highest BCUT2D eigenvalue weighted by molar-refractivity contribution is 7.15. The van der Waals surface area contributed by atoms with Crippen LogP contribution in [-0.4, -0.2) is 34.4 Å². The molecule has 1 aliphatic rings. The van der Waals surface area contributed by atoms with E-state index < -0.39 is 12.1 Å². The lowest BCUT2D eigenvalue weighted by Gasteiger charge is -2.25. The maximum Gasteiger partial charge on any atom is 0.312 e. The molecule has 28 heavy (non-hydrogen) atoms. The third-order valence-electron chi connectivity index (χ3n) is 4.63. The summed E-state index contributed by atoms with van der Waals surface area (Å²) in [5.41, 5.74) is 7.55. The van der Waals surface area contributed by atoms with Crippen molar-refractivity contribution < 1.29 is 9.59 Å². The molecule has 3 rings (SSSR count). The number of aromatic nitrogens is 1. The van der Waals surface area contributed by atoms with Crippen molar-refractivity contribution in [2.24, 2.45) is 11.7 Å². The molecule has 0 bridgehead atoms. The van der Waals surface area contributed by atoms with Gasteiger partial charge in [-0.3, -0.25) is 9.69 Å². The van der Waals surface area contributed by atoms with E-state index in [2.05, 4.69) is 44.8 Å². The van der Waals surface area contributed by atoms with Gasteiger partial charge < -0.3 is 16.4 Å². The first-order valence-corrected chi connectivity index (χ1v) is 10.3. The van der Waals surface area contributed by atoms with Crippen LogP contribution in [0.2, 0.25) is 0 Å². The van der Waals surface area contributed by atoms with Crippen LogP contribution < -0.4 is 16.4 Å². The predicted octanol–water partition coefficient (Wildman–Crippen LogP) is 2.72. The number of nitrogens with one attached hydrogen (secondary N) is 2. The minimum Gasteiger partial charge on any atom is -0.352 e. The number of urea groups is 1. The van der Waals surface area contributed by atoms with E-state index in [-0.39, 0.29) is 11.8 Å². The van der Waals surface area contributed by atoms with Crippen LogP contribution in [0, 0.1) is 5.92 Å². The van der Waals surface area contributed by atoms with Gasteiger partial charge in [0.2, 0.25) is 5.91 Å². The SMILES string of the molecule is CC(C)C[C@@H](NC(N)=O)C(=O)Nc1nc2c(s1)CN(Cc1ccccc1)CC2. The van der Waals surface area contributed by atoms with Crippen LogP contribution in [0.15, 0.2) is 30.3 Å². The van der Waals surface area contributed by atoms with Crippen LogP contribution >= 0.6 is 11.3 Å². The first kappa shape index (κ1) is 20.3. The van der Waals surface area contributed by atoms with Crippen molar-refractivity contribution in [2.45, 2.75) is 45.8 Å². The summed E-state index contributed by atoms with van der Waals surface area (Å²) in [4.78, 5) is 31.9. The molecule has 1 aliphatic heterocycles. The molecule has 2 aromatic rings. The number of carbonyl (C=O) groups is 2. The first-order valence-electron chi connectivity index (χ1n) is 9.52. The van der Waals surface area contributed by atoms with Gasteiger partial charge in [0.05, 0.1) is 5.69 Å². The summed E-state index contributed by atoms with van der Waals surface area (Å²) in [7, 11) is 0. The second-order valence-electron chi connectivity index (χ2n) is 7.52. The number of fused-ring (bicyclic) bond motifs is 1. The fraction of sp³-hybridized carbons (Fsp3) is 0.450. The second-order valence-corrected chi connectivity index (χ2v) is 8.60. The number of nitrogens with two attached hydrogens (primary N) is 1. The molecular weight excluding hydrogens is 374 g/mol. The van der Waals surface area contributed by atoms with E-state index in [1.54, 1.807) is 0 Å². The van der Waals surface area contributed by atoms with Crippen molar-refractivity contribution in [3.63, 3.8) is 0 Å². The van der Waals surface area contributed by atoms with Crippen molar-refractivity contribution in [2.75, 3.05) is 11.9 Å². The highest BCUT2D eigenvalue weighted by atomic mass is 32.1. The largest absolute Gasteiger partial charge is 0.352 e. The normalized spacial score (nSPS) is 15.1. The molecule has 0 aliphatic carbocycles. The van der Waals surface area contributed by atoms with E-state index >= 15 is 0 Å². The zero-order valence-corrected chi connectivity index (χ0v) is 17.1. The molecule has 0 fully saturated rings. The molecule has 1 atom stereocenters. The van der Waals surface area contributed by atoms with Crippen LogP contribution in [0.3, 0.4) is 0 Å². The van der Waals surface area contributed by atoms with Crippen molar-refractivity contribution in [3.05, 3.63) is 46.5 Å². The number of benzene rings is 1. The topological polar surface area (TPSA) is 100 Å². The Bertz CT molecular complexity index is 821. The molecule has 4 N–H and O–H groups in total. The molecule has 0 saturated carbocycles. The number of anilines is 1. The minimum atomic E-state index is -0.698. The standard InChI is InChI=1S/C20H27N5O2S/c1-13(2)10-16(22-19(21)27)18(26)24-20-23-15-8-9-25(12-17(15)28-20)11-14-6-4-3-5-7-14/h3-7,13,16H,8-12H2,1-2H3,(H3,21,22,27)(H,23,24,26)/t16-/m1/s1. The number of hydrogen-bond acceptors (Lipinski definition) is 5. The van der Waals surface area contributed by atoms with Gasteiger partial charge in [-0.15, -0.1) is 11.3 Å². The zero-order chi connectivity index (χ0) is 20.1. The lowest BCUT2D eigenvalue weighted by Crippen LogP contribution is -2.46. The smallest absolute Gasteiger partial charge is 0.312 e. The molecule has 7 nitrogen and oxygen atoms in total. The van der Waals surface area contributed by atoms with E-state index in [4.69, 9.17) is 5.73 Å². The molecule has 150 valence electrons. The fourth-order valence-corrected chi connectivity index (χ4v) is 4.40. The molecule has 0 saturated heterocycles. The molecule has 0 radical (unpaired) electrons. The number of primary amides is 1. The molecule has 2 heterocycles. The van der Waals surface area contributed by atoms with Crippen LogP contribution in [0.1, 0.15) is 36.4 Å². The summed E-state index contributed by atoms with van der Waals surface area (Å²) in [5, 5.41) is 5.96. The summed E-state index contributed by atoms with van der Waals surface area (Å²) < 4.78 is 0. The second kappa shape index (κ2) is 9.16. The maximum absolute atomic E-state index is 12.6. The van der Waals surface area contributed by atoms with Crippen LogP contribution in [-0.2, 0) is 24.3 Å². The number of thiazole rings is 1. The van der Waals surface area contributed by atoms with Gasteiger partial charge in [0, 0.05) is 30.9 Å². The number of amides is 3. The quantitative estimate of drug-likeness (QED) is 0.664. The van der Waals surface area contributed by atoms with Gasteiger partial charge in [-0.2, -0.15) is 0 Å². The number of nitrogens with zero attached hydrogens (tertiary/aromatic N) is 2. The number of rotatable bonds is 7. The van der Waals surface area contributed by atoms with Gasteiger partial charge in [0.1, 0.15) is 6.04 Å². The highest BCUT2D eigenvalue weighted by Crippen LogP contribution is 2.29. The molecule has 1 aromatic carbocycles. The molecule has 0 spiro atoms. The minimum absolute atomic E-state index is 0.249. The Kier molecular flexibility index (Phi) is 6.64. The van der Waals surface area contributed by atoms with Gasteiger partial charge in [0.25, 0.3) is 0 Å². The molecule has 3 amide bonds. The molecular formula is C20H27N5O2S. The third-order valence-corrected chi connectivity index (χ3v) is 5.63. The highest BCUT2D eigenvalue weighted by Gasteiger charge is 2.25. The molecule has 8 heteroatoms. The van der Waals surface area contributed by atoms with Gasteiger partial charge in [-0.05, 0) is 17.9 Å². The summed E-state index contributed by atoms with van der Waals surface area (Å²) in [6.45, 7) is 6.66. The first-order chi connectivity index (χ1) is 13.4. The van der Waals surface area contributed by atoms with Crippen molar-refractivity contribution >= 4 is 28.4 Å². The van der Waals surface area contributed by atoms with Crippen molar-refractivity contribution in [3.8, 4) is 0 Å². The maximum atomic E-state index is 12.6. The Hall–Kier alpha value is -2.45. The lowest BCUT2D eigenvalue weighted by atomic mass is 10.0. The van der Waals surface area contributed by atoms with E-state index in [1.165, 1.54) is 21.8 Å². The zero-order valence-electron chi connectivity index (χ0n) is 16.3. The summed E-state index contributed by atoms with van der Waals surface area (Å²) in [5.74, 6) is -0.0293. The monoisotopic (exact) mass is 401 g/mol. The fourth-order valence-electron chi connectivity index (χ4n) is 3.35. The number of hydrogen-bond donors (Lipinski definition) is 3. The van der Waals surface area contributed by atoms with E-state index in [0.717, 1.165) is 31.7 Å². The Morgan fingerprint density at radius 3 is 2.71 bits per heavy atom. The lowest BCUT2D eigenvalue weighted by molar-refractivity contribution is -0.118. The Labute approximate surface area is 169 Å². The summed E-state index contributed by atoms with van der Waals surface area (Å²) in [6.07, 6.45) is 1.38. The van der Waals surface area contributed by atoms with Crippen molar-refractivity contribution in [1.82, 2.24) is 15.2 Å². The van der Waals surface area contributed by atoms with Crippen LogP contribution in [0.25, 0.3) is 0 Å². The average Bonchev–Trinajstić information content (AvgIpc) is 3.02. The van der Waals surface area contributed by atoms with E-state index in [1.807, 2.05) is 19.9 Å². The van der Waals surface area contributed by atoms with Crippen LogP contribution in [0.4, 0.5) is 9.93 Å². The third kappa shape index (κ3) is 5.53. The van der Waals surface area contributed by atoms with E-state index in [0.29, 0.717) is 11.6 Å². The van der Waals surface area contributed by atoms with Crippen LogP contribution in [0.5, 0.6) is 0 Å². The van der Waals surface area contributed by atoms with Gasteiger partial charge in [0.15, 0.2) is 5.13 Å². The Morgan fingerprint density at radius 1 is 1.29 bits per heavy atom. The predicted molar refractivity (Wildman–Crippen MR) is 111 cm³/mol. The average molecular weight is 402 g/mol. The van der Waals surface area contributed by atoms with Gasteiger partial charge >= 0.3 is 6.03 Å². The number of carbonyl (C=O) groups excluding carboxylic acids is 2.